The average molecular weight is 459 g/mol. The normalized spacial score (nSPS) is 15.0. The number of halogens is 1. The van der Waals surface area contributed by atoms with Gasteiger partial charge in [0.1, 0.15) is 4.90 Å². The number of hydrogen-bond donors (Lipinski definition) is 1. The Balaban J connectivity index is 1.47. The van der Waals surface area contributed by atoms with Gasteiger partial charge < -0.3 is 5.32 Å². The number of hydrogen-bond acceptors (Lipinski definition) is 4. The molecule has 0 unspecified atom stereocenters. The number of sulfonamides is 1. The van der Waals surface area contributed by atoms with E-state index in [-0.39, 0.29) is 27.9 Å². The van der Waals surface area contributed by atoms with Crippen LogP contribution in [0.3, 0.4) is 0 Å². The lowest BCUT2D eigenvalue weighted by molar-refractivity contribution is 0.0950. The number of nitrogens with zero attached hydrogens (tertiary/aromatic N) is 3. The van der Waals surface area contributed by atoms with Gasteiger partial charge in [-0.2, -0.15) is 9.40 Å². The van der Waals surface area contributed by atoms with Gasteiger partial charge >= 0.3 is 0 Å². The molecule has 0 aliphatic carbocycles. The summed E-state index contributed by atoms with van der Waals surface area (Å²) in [5.74, 6) is -0.376. The van der Waals surface area contributed by atoms with Crippen molar-refractivity contribution < 1.29 is 13.2 Å². The molecule has 4 rings (SSSR count). The van der Waals surface area contributed by atoms with Gasteiger partial charge in [-0.1, -0.05) is 36.2 Å². The molecular weight excluding hydrogens is 436 g/mol. The van der Waals surface area contributed by atoms with Crippen LogP contribution in [0, 0.1) is 0 Å². The molecule has 0 bridgehead atoms. The highest BCUT2D eigenvalue weighted by atomic mass is 35.5. The summed E-state index contributed by atoms with van der Waals surface area (Å²) in [5, 5.41) is 7.24. The molecule has 1 fully saturated rings. The van der Waals surface area contributed by atoms with Crippen molar-refractivity contribution in [2.45, 2.75) is 30.7 Å². The van der Waals surface area contributed by atoms with E-state index in [1.807, 2.05) is 36.5 Å². The molecule has 3 aromatic rings. The molecule has 0 saturated carbocycles. The number of amides is 1. The molecule has 0 radical (unpaired) electrons. The lowest BCUT2D eigenvalue weighted by Crippen LogP contribution is -2.36. The van der Waals surface area contributed by atoms with Crippen LogP contribution in [-0.2, 0) is 16.6 Å². The zero-order chi connectivity index (χ0) is 21.8. The van der Waals surface area contributed by atoms with Crippen LogP contribution in [0.5, 0.6) is 0 Å². The number of rotatable bonds is 6. The van der Waals surface area contributed by atoms with Gasteiger partial charge in [-0.25, -0.2) is 13.1 Å². The van der Waals surface area contributed by atoms with E-state index < -0.39 is 10.0 Å². The van der Waals surface area contributed by atoms with Crippen LogP contribution >= 0.6 is 11.6 Å². The van der Waals surface area contributed by atoms with Gasteiger partial charge in [0.15, 0.2) is 0 Å². The lowest BCUT2D eigenvalue weighted by Gasteiger charge is -2.26. The van der Waals surface area contributed by atoms with E-state index in [9.17, 15) is 13.2 Å². The molecule has 9 heteroatoms. The fourth-order valence-corrected chi connectivity index (χ4v) is 5.56. The van der Waals surface area contributed by atoms with Gasteiger partial charge in [0.25, 0.3) is 5.91 Å². The third kappa shape index (κ3) is 4.81. The van der Waals surface area contributed by atoms with Crippen LogP contribution in [0.2, 0.25) is 5.02 Å². The molecule has 2 aromatic carbocycles. The fourth-order valence-electron chi connectivity index (χ4n) is 3.54. The Hall–Kier alpha value is -2.68. The van der Waals surface area contributed by atoms with Gasteiger partial charge in [0.05, 0.1) is 16.9 Å². The summed E-state index contributed by atoms with van der Waals surface area (Å²) in [6, 6.07) is 14.0. The maximum absolute atomic E-state index is 13.0. The van der Waals surface area contributed by atoms with Crippen LogP contribution in [-0.4, -0.2) is 41.5 Å². The minimum Gasteiger partial charge on any atom is -0.348 e. The smallest absolute Gasteiger partial charge is 0.251 e. The molecular formula is C22H23ClN4O3S. The maximum atomic E-state index is 13.0. The second kappa shape index (κ2) is 9.21. The molecule has 1 N–H and O–H groups in total. The van der Waals surface area contributed by atoms with E-state index in [1.165, 1.54) is 22.5 Å². The summed E-state index contributed by atoms with van der Waals surface area (Å²) in [7, 11) is -3.74. The zero-order valence-electron chi connectivity index (χ0n) is 16.9. The van der Waals surface area contributed by atoms with E-state index in [1.54, 1.807) is 10.9 Å². The van der Waals surface area contributed by atoms with E-state index in [4.69, 9.17) is 11.6 Å². The summed E-state index contributed by atoms with van der Waals surface area (Å²) < 4.78 is 29.2. The number of carbonyl (C=O) groups is 1. The fraction of sp³-hybridized carbons (Fsp3) is 0.273. The SMILES string of the molecule is O=C(NCc1cnn(-c2ccccc2)c1)c1ccc(Cl)c(S(=O)(=O)N2CCCCC2)c1. The Labute approximate surface area is 186 Å². The molecule has 7 nitrogen and oxygen atoms in total. The Bertz CT molecular complexity index is 1170. The van der Waals surface area contributed by atoms with Crippen LogP contribution in [0.25, 0.3) is 5.69 Å². The van der Waals surface area contributed by atoms with Gasteiger partial charge in [-0.3, -0.25) is 4.79 Å². The van der Waals surface area contributed by atoms with Crippen LogP contribution in [0.1, 0.15) is 35.2 Å². The van der Waals surface area contributed by atoms with Gasteiger partial charge in [0, 0.05) is 37.0 Å². The maximum Gasteiger partial charge on any atom is 0.251 e. The first kappa shape index (κ1) is 21.5. The first-order valence-corrected chi connectivity index (χ1v) is 11.9. The van der Waals surface area contributed by atoms with Crippen molar-refractivity contribution >= 4 is 27.5 Å². The molecule has 1 amide bonds. The second-order valence-electron chi connectivity index (χ2n) is 7.42. The molecule has 2 heterocycles. The van der Waals surface area contributed by atoms with Crippen molar-refractivity contribution in [3.05, 3.63) is 77.1 Å². The Morgan fingerprint density at radius 3 is 2.55 bits per heavy atom. The predicted molar refractivity (Wildman–Crippen MR) is 119 cm³/mol. The number of benzene rings is 2. The summed E-state index contributed by atoms with van der Waals surface area (Å²) >= 11 is 6.19. The molecule has 1 aromatic heterocycles. The van der Waals surface area contributed by atoms with Gasteiger partial charge in [-0.15, -0.1) is 0 Å². The van der Waals surface area contributed by atoms with Crippen LogP contribution in [0.4, 0.5) is 0 Å². The zero-order valence-corrected chi connectivity index (χ0v) is 18.4. The highest BCUT2D eigenvalue weighted by Crippen LogP contribution is 2.28. The topological polar surface area (TPSA) is 84.3 Å². The molecule has 1 aliphatic rings. The van der Waals surface area contributed by atoms with Crippen molar-refractivity contribution in [2.24, 2.45) is 0 Å². The number of carbonyl (C=O) groups excluding carboxylic acids is 1. The van der Waals surface area contributed by atoms with Crippen LogP contribution < -0.4 is 5.32 Å². The summed E-state index contributed by atoms with van der Waals surface area (Å²) in [6.45, 7) is 1.21. The molecule has 0 atom stereocenters. The third-order valence-corrected chi connectivity index (χ3v) is 7.62. The largest absolute Gasteiger partial charge is 0.348 e. The molecule has 0 spiro atoms. The minimum atomic E-state index is -3.74. The van der Waals surface area contributed by atoms with Crippen molar-refractivity contribution in [3.8, 4) is 5.69 Å². The summed E-state index contributed by atoms with van der Waals surface area (Å²) in [6.07, 6.45) is 6.19. The highest BCUT2D eigenvalue weighted by Gasteiger charge is 2.28. The van der Waals surface area contributed by atoms with Crippen LogP contribution in [0.15, 0.2) is 65.8 Å². The molecule has 162 valence electrons. The molecule has 1 aliphatic heterocycles. The van der Waals surface area contributed by atoms with Gasteiger partial charge in [0.2, 0.25) is 10.0 Å². The summed E-state index contributed by atoms with van der Waals surface area (Å²) in [5.41, 5.74) is 1.99. The summed E-state index contributed by atoms with van der Waals surface area (Å²) in [4.78, 5) is 12.6. The Kier molecular flexibility index (Phi) is 6.41. The average Bonchev–Trinajstić information content (AvgIpc) is 3.28. The quantitative estimate of drug-likeness (QED) is 0.611. The first-order chi connectivity index (χ1) is 14.9. The van der Waals surface area contributed by atoms with Gasteiger partial charge in [-0.05, 0) is 43.2 Å². The van der Waals surface area contributed by atoms with Crippen molar-refractivity contribution in [1.29, 1.82) is 0 Å². The standard InChI is InChI=1S/C22H23ClN4O3S/c23-20-10-9-18(13-21(20)31(29,30)26-11-5-2-6-12-26)22(28)24-14-17-15-25-27(16-17)19-7-3-1-4-8-19/h1,3-4,7-10,13,15-16H,2,5-6,11-12,14H2,(H,24,28). The number of piperidine rings is 1. The van der Waals surface area contributed by atoms with E-state index >= 15 is 0 Å². The predicted octanol–water partition coefficient (Wildman–Crippen LogP) is 3.63. The Morgan fingerprint density at radius 1 is 1.06 bits per heavy atom. The molecule has 31 heavy (non-hydrogen) atoms. The Morgan fingerprint density at radius 2 is 1.81 bits per heavy atom. The first-order valence-electron chi connectivity index (χ1n) is 10.1. The van der Waals surface area contributed by atoms with E-state index in [0.29, 0.717) is 13.1 Å². The second-order valence-corrected chi connectivity index (χ2v) is 9.73. The van der Waals surface area contributed by atoms with E-state index in [2.05, 4.69) is 10.4 Å². The van der Waals surface area contributed by atoms with Crippen molar-refractivity contribution in [2.75, 3.05) is 13.1 Å². The van der Waals surface area contributed by atoms with Crippen molar-refractivity contribution in [1.82, 2.24) is 19.4 Å². The lowest BCUT2D eigenvalue weighted by atomic mass is 10.2. The highest BCUT2D eigenvalue weighted by molar-refractivity contribution is 7.89. The monoisotopic (exact) mass is 458 g/mol. The van der Waals surface area contributed by atoms with Crippen molar-refractivity contribution in [3.63, 3.8) is 0 Å². The number of nitrogens with one attached hydrogen (secondary N) is 1. The third-order valence-electron chi connectivity index (χ3n) is 5.24. The van der Waals surface area contributed by atoms with E-state index in [0.717, 1.165) is 30.5 Å². The minimum absolute atomic E-state index is 0.0272. The number of aromatic nitrogens is 2. The number of para-hydroxylation sites is 1. The molecule has 1 saturated heterocycles.